The number of likely N-dealkylation sites (tertiary alicyclic amines) is 1. The van der Waals surface area contributed by atoms with Gasteiger partial charge in [-0.2, -0.15) is 8.78 Å². The summed E-state index contributed by atoms with van der Waals surface area (Å²) in [5.41, 5.74) is 0. The van der Waals surface area contributed by atoms with Crippen molar-refractivity contribution in [3.63, 3.8) is 0 Å². The van der Waals surface area contributed by atoms with Gasteiger partial charge in [-0.3, -0.25) is 9.56 Å². The molecular weight excluding hydrogens is 429 g/mol. The number of guanidine groups is 1. The molecule has 0 spiro atoms. The Bertz CT molecular complexity index is 500. The molecule has 24 heavy (non-hydrogen) atoms. The molecule has 0 radical (unpaired) electrons. The Balaban J connectivity index is 0.00000288. The van der Waals surface area contributed by atoms with Crippen LogP contribution < -0.4 is 10.6 Å². The van der Waals surface area contributed by atoms with Gasteiger partial charge < -0.3 is 15.5 Å². The van der Waals surface area contributed by atoms with E-state index in [0.29, 0.717) is 17.8 Å². The Hall–Kier alpha value is -0.970. The van der Waals surface area contributed by atoms with Crippen molar-refractivity contribution in [3.05, 3.63) is 18.2 Å². The van der Waals surface area contributed by atoms with Gasteiger partial charge in [0.15, 0.2) is 5.96 Å². The summed E-state index contributed by atoms with van der Waals surface area (Å²) >= 11 is 0. The van der Waals surface area contributed by atoms with E-state index in [9.17, 15) is 8.78 Å². The lowest BCUT2D eigenvalue weighted by Gasteiger charge is -2.32. The number of rotatable bonds is 6. The van der Waals surface area contributed by atoms with E-state index in [0.717, 1.165) is 37.0 Å². The van der Waals surface area contributed by atoms with Crippen molar-refractivity contribution in [1.29, 1.82) is 0 Å². The summed E-state index contributed by atoms with van der Waals surface area (Å²) in [5, 5.41) is 6.43. The van der Waals surface area contributed by atoms with Crippen molar-refractivity contribution in [3.8, 4) is 0 Å². The van der Waals surface area contributed by atoms with Gasteiger partial charge in [0, 0.05) is 38.6 Å². The summed E-state index contributed by atoms with van der Waals surface area (Å²) in [4.78, 5) is 10.6. The summed E-state index contributed by atoms with van der Waals surface area (Å²) in [6.07, 6.45) is 5.96. The van der Waals surface area contributed by atoms with E-state index in [-0.39, 0.29) is 30.5 Å². The van der Waals surface area contributed by atoms with E-state index in [1.165, 1.54) is 18.8 Å². The maximum absolute atomic E-state index is 12.8. The first-order valence-corrected chi connectivity index (χ1v) is 8.13. The molecule has 1 aromatic rings. The third-order valence-corrected chi connectivity index (χ3v) is 4.06. The van der Waals surface area contributed by atoms with Crippen LogP contribution in [0, 0.1) is 0 Å². The van der Waals surface area contributed by atoms with Crippen molar-refractivity contribution in [2.24, 2.45) is 4.99 Å². The lowest BCUT2D eigenvalue weighted by molar-refractivity contribution is 0.0668. The van der Waals surface area contributed by atoms with Gasteiger partial charge in [-0.05, 0) is 25.8 Å². The van der Waals surface area contributed by atoms with Gasteiger partial charge in [0.1, 0.15) is 5.82 Å². The predicted molar refractivity (Wildman–Crippen MR) is 102 cm³/mol. The smallest absolute Gasteiger partial charge is 0.319 e. The first-order chi connectivity index (χ1) is 11.1. The Morgan fingerprint density at radius 2 is 2.12 bits per heavy atom. The molecule has 1 saturated heterocycles. The minimum Gasteiger partial charge on any atom is -0.354 e. The molecule has 1 aromatic heterocycles. The number of nitrogens with one attached hydrogen (secondary N) is 2. The molecule has 0 amide bonds. The van der Waals surface area contributed by atoms with E-state index in [4.69, 9.17) is 0 Å². The molecule has 0 unspecified atom stereocenters. The SMILES string of the molecule is CCCN1CCC(NC(=NC)NCc2nccn2C(F)F)CC1.I. The first kappa shape index (κ1) is 21.1. The number of hydrogen-bond donors (Lipinski definition) is 2. The predicted octanol–water partition coefficient (Wildman–Crippen LogP) is 2.44. The second-order valence-electron chi connectivity index (χ2n) is 5.71. The highest BCUT2D eigenvalue weighted by Gasteiger charge is 2.19. The standard InChI is InChI=1S/C15H26F2N6.HI/c1-3-7-22-8-4-12(5-9-22)21-15(18-2)20-11-13-19-6-10-23(13)14(16)17;/h6,10,12,14H,3-5,7-9,11H2,1-2H3,(H2,18,20,21);1H. The molecule has 0 aromatic carbocycles. The molecule has 9 heteroatoms. The van der Waals surface area contributed by atoms with Gasteiger partial charge in [-0.15, -0.1) is 24.0 Å². The molecule has 1 aliphatic heterocycles. The lowest BCUT2D eigenvalue weighted by Crippen LogP contribution is -2.48. The van der Waals surface area contributed by atoms with Crippen LogP contribution in [0.3, 0.4) is 0 Å². The number of hydrogen-bond acceptors (Lipinski definition) is 3. The van der Waals surface area contributed by atoms with E-state index < -0.39 is 6.55 Å². The van der Waals surface area contributed by atoms with Gasteiger partial charge in [-0.25, -0.2) is 4.98 Å². The molecule has 2 heterocycles. The maximum Gasteiger partial charge on any atom is 0.319 e. The van der Waals surface area contributed by atoms with Crippen LogP contribution in [0.4, 0.5) is 8.78 Å². The second-order valence-corrected chi connectivity index (χ2v) is 5.71. The van der Waals surface area contributed by atoms with Crippen LogP contribution in [0.25, 0.3) is 0 Å². The van der Waals surface area contributed by atoms with E-state index in [1.54, 1.807) is 7.05 Å². The van der Waals surface area contributed by atoms with Crippen LogP contribution >= 0.6 is 24.0 Å². The maximum atomic E-state index is 12.8. The molecule has 6 nitrogen and oxygen atoms in total. The number of halogens is 3. The van der Waals surface area contributed by atoms with Crippen LogP contribution in [0.1, 0.15) is 38.6 Å². The fraction of sp³-hybridized carbons (Fsp3) is 0.733. The summed E-state index contributed by atoms with van der Waals surface area (Å²) in [6.45, 7) is 3.14. The number of aromatic nitrogens is 2. The highest BCUT2D eigenvalue weighted by Crippen LogP contribution is 2.12. The topological polar surface area (TPSA) is 57.5 Å². The van der Waals surface area contributed by atoms with Crippen molar-refractivity contribution in [1.82, 2.24) is 25.1 Å². The molecular formula is C15H27F2IN6. The van der Waals surface area contributed by atoms with Gasteiger partial charge >= 0.3 is 6.55 Å². The van der Waals surface area contributed by atoms with Crippen molar-refractivity contribution in [2.45, 2.75) is 45.3 Å². The third kappa shape index (κ3) is 6.15. The van der Waals surface area contributed by atoms with E-state index in [1.807, 2.05) is 0 Å². The fourth-order valence-electron chi connectivity index (χ4n) is 2.83. The van der Waals surface area contributed by atoms with Crippen LogP contribution in [0.2, 0.25) is 0 Å². The van der Waals surface area contributed by atoms with Crippen LogP contribution in [0.5, 0.6) is 0 Å². The van der Waals surface area contributed by atoms with Crippen molar-refractivity contribution >= 4 is 29.9 Å². The molecule has 0 bridgehead atoms. The average Bonchev–Trinajstić information content (AvgIpc) is 3.02. The van der Waals surface area contributed by atoms with Crippen LogP contribution in [0.15, 0.2) is 17.4 Å². The molecule has 1 aliphatic rings. The lowest BCUT2D eigenvalue weighted by atomic mass is 10.1. The summed E-state index contributed by atoms with van der Waals surface area (Å²) in [6, 6.07) is 0.365. The van der Waals surface area contributed by atoms with E-state index in [2.05, 4.69) is 32.4 Å². The van der Waals surface area contributed by atoms with Crippen molar-refractivity contribution < 1.29 is 8.78 Å². The van der Waals surface area contributed by atoms with Gasteiger partial charge in [0.25, 0.3) is 0 Å². The molecule has 2 rings (SSSR count). The average molecular weight is 456 g/mol. The Morgan fingerprint density at radius 1 is 1.42 bits per heavy atom. The normalized spacial score (nSPS) is 17.0. The van der Waals surface area contributed by atoms with Crippen molar-refractivity contribution in [2.75, 3.05) is 26.7 Å². The minimum atomic E-state index is -2.58. The zero-order chi connectivity index (χ0) is 16.7. The Kier molecular flexibility index (Phi) is 9.49. The zero-order valence-corrected chi connectivity index (χ0v) is 16.5. The quantitative estimate of drug-likeness (QED) is 0.393. The molecule has 0 saturated carbocycles. The molecule has 1 fully saturated rings. The van der Waals surface area contributed by atoms with Gasteiger partial charge in [-0.1, -0.05) is 6.92 Å². The first-order valence-electron chi connectivity index (χ1n) is 8.13. The number of piperidine rings is 1. The molecule has 0 atom stereocenters. The largest absolute Gasteiger partial charge is 0.354 e. The number of aliphatic imine (C=N–C) groups is 1. The van der Waals surface area contributed by atoms with E-state index >= 15 is 0 Å². The molecule has 138 valence electrons. The summed E-state index contributed by atoms with van der Waals surface area (Å²) in [7, 11) is 1.68. The number of alkyl halides is 2. The Labute approximate surface area is 159 Å². The monoisotopic (exact) mass is 456 g/mol. The highest BCUT2D eigenvalue weighted by molar-refractivity contribution is 14.0. The molecule has 2 N–H and O–H groups in total. The fourth-order valence-corrected chi connectivity index (χ4v) is 2.83. The number of nitrogens with zero attached hydrogens (tertiary/aromatic N) is 4. The number of imidazole rings is 1. The summed E-state index contributed by atoms with van der Waals surface area (Å²) < 4.78 is 26.4. The van der Waals surface area contributed by atoms with Gasteiger partial charge in [0.05, 0.1) is 6.54 Å². The molecule has 0 aliphatic carbocycles. The van der Waals surface area contributed by atoms with Gasteiger partial charge in [0.2, 0.25) is 0 Å². The zero-order valence-electron chi connectivity index (χ0n) is 14.2. The minimum absolute atomic E-state index is 0. The van der Waals surface area contributed by atoms with Crippen LogP contribution in [-0.4, -0.2) is 53.1 Å². The third-order valence-electron chi connectivity index (χ3n) is 4.06. The Morgan fingerprint density at radius 3 is 2.71 bits per heavy atom. The highest BCUT2D eigenvalue weighted by atomic mass is 127. The summed E-state index contributed by atoms with van der Waals surface area (Å²) in [5.74, 6) is 0.920. The van der Waals surface area contributed by atoms with Crippen LogP contribution in [-0.2, 0) is 6.54 Å². The second kappa shape index (κ2) is 10.8.